The number of rotatable bonds is 1. The first-order chi connectivity index (χ1) is 7.39. The average Bonchev–Trinajstić information content (AvgIpc) is 2.13. The molecule has 0 unspecified atom stereocenters. The van der Waals surface area contributed by atoms with Crippen LogP contribution in [-0.2, 0) is 0 Å². The van der Waals surface area contributed by atoms with Gasteiger partial charge in [0.1, 0.15) is 5.82 Å². The van der Waals surface area contributed by atoms with E-state index in [1.165, 1.54) is 23.1 Å². The highest BCUT2D eigenvalue weighted by atomic mass is 79.9. The van der Waals surface area contributed by atoms with Crippen LogP contribution in [0.3, 0.4) is 0 Å². The molecule has 1 saturated heterocycles. The Labute approximate surface area is 101 Å². The quantitative estimate of drug-likeness (QED) is 0.856. The Morgan fingerprint density at radius 1 is 1.56 bits per heavy atom. The topological polar surface area (TPSA) is 40.5 Å². The Morgan fingerprint density at radius 2 is 2.19 bits per heavy atom. The van der Waals surface area contributed by atoms with Crippen molar-refractivity contribution in [1.82, 2.24) is 4.90 Å². The van der Waals surface area contributed by atoms with Gasteiger partial charge in [0.2, 0.25) is 0 Å². The number of benzene rings is 1. The zero-order chi connectivity index (χ0) is 11.9. The normalized spacial score (nSPS) is 18.1. The van der Waals surface area contributed by atoms with E-state index >= 15 is 0 Å². The van der Waals surface area contributed by atoms with Crippen molar-refractivity contribution in [2.45, 2.75) is 12.5 Å². The van der Waals surface area contributed by atoms with E-state index in [4.69, 9.17) is 0 Å². The number of amides is 1. The van der Waals surface area contributed by atoms with Gasteiger partial charge in [-0.2, -0.15) is 0 Å². The fourth-order valence-corrected chi connectivity index (χ4v) is 2.27. The Hall–Kier alpha value is -0.940. The minimum atomic E-state index is -0.790. The minimum Gasteiger partial charge on any atom is -0.386 e. The highest BCUT2D eigenvalue weighted by Crippen LogP contribution is 2.25. The molecule has 86 valence electrons. The predicted molar refractivity (Wildman–Crippen MR) is 60.6 cm³/mol. The monoisotopic (exact) mass is 287 g/mol. The number of nitrogens with zero attached hydrogens (tertiary/aromatic N) is 1. The molecule has 0 aliphatic carbocycles. The van der Waals surface area contributed by atoms with Crippen LogP contribution in [0.4, 0.5) is 4.39 Å². The van der Waals surface area contributed by atoms with E-state index in [0.717, 1.165) is 0 Å². The van der Waals surface area contributed by atoms with Gasteiger partial charge >= 0.3 is 0 Å². The van der Waals surface area contributed by atoms with Gasteiger partial charge in [0.05, 0.1) is 24.3 Å². The van der Waals surface area contributed by atoms with Crippen molar-refractivity contribution in [3.05, 3.63) is 34.1 Å². The fraction of sp³-hybridized carbons (Fsp3) is 0.364. The molecule has 0 atom stereocenters. The summed E-state index contributed by atoms with van der Waals surface area (Å²) in [7, 11) is 0. The molecular weight excluding hydrogens is 277 g/mol. The lowest BCUT2D eigenvalue weighted by atomic mass is 9.96. The summed E-state index contributed by atoms with van der Waals surface area (Å²) in [6.07, 6.45) is 0. The summed E-state index contributed by atoms with van der Waals surface area (Å²) in [5.41, 5.74) is -0.376. The minimum absolute atomic E-state index is 0.196. The summed E-state index contributed by atoms with van der Waals surface area (Å²) in [5.74, 6) is -0.586. The third-order valence-electron chi connectivity index (χ3n) is 2.51. The van der Waals surface area contributed by atoms with Gasteiger partial charge in [0, 0.05) is 4.47 Å². The molecule has 1 aliphatic rings. The summed E-state index contributed by atoms with van der Waals surface area (Å²) < 4.78 is 13.3. The first-order valence-electron chi connectivity index (χ1n) is 4.86. The molecule has 1 amide bonds. The van der Waals surface area contributed by atoms with E-state index in [9.17, 15) is 14.3 Å². The van der Waals surface area contributed by atoms with E-state index < -0.39 is 5.60 Å². The number of β-amino-alcohol motifs (C(OH)–C–C–N with tert-alkyl or cyclic N) is 1. The van der Waals surface area contributed by atoms with Gasteiger partial charge in [-0.05, 0) is 41.1 Å². The summed E-state index contributed by atoms with van der Waals surface area (Å²) >= 11 is 3.15. The smallest absolute Gasteiger partial charge is 0.255 e. The molecule has 5 heteroatoms. The van der Waals surface area contributed by atoms with Gasteiger partial charge in [-0.1, -0.05) is 0 Å². The van der Waals surface area contributed by atoms with Crippen LogP contribution >= 0.6 is 15.9 Å². The molecule has 1 aromatic carbocycles. The second-order valence-corrected chi connectivity index (χ2v) is 5.14. The first kappa shape index (κ1) is 11.5. The van der Waals surface area contributed by atoms with E-state index in [1.54, 1.807) is 6.92 Å². The maximum absolute atomic E-state index is 12.8. The lowest BCUT2D eigenvalue weighted by Gasteiger charge is -2.44. The van der Waals surface area contributed by atoms with Crippen molar-refractivity contribution < 1.29 is 14.3 Å². The van der Waals surface area contributed by atoms with Crippen LogP contribution in [0.5, 0.6) is 0 Å². The second kappa shape index (κ2) is 3.82. The van der Waals surface area contributed by atoms with Gasteiger partial charge in [0.25, 0.3) is 5.91 Å². The number of carbonyl (C=O) groups excluding carboxylic acids is 1. The van der Waals surface area contributed by atoms with Crippen LogP contribution in [0.15, 0.2) is 22.7 Å². The number of hydrogen-bond donors (Lipinski definition) is 1. The summed E-state index contributed by atoms with van der Waals surface area (Å²) in [6, 6.07) is 3.94. The van der Waals surface area contributed by atoms with Crippen molar-refractivity contribution in [2.24, 2.45) is 0 Å². The molecule has 1 fully saturated rings. The third-order valence-corrected chi connectivity index (χ3v) is 3.17. The molecule has 1 heterocycles. The number of halogens is 2. The molecule has 1 aliphatic heterocycles. The highest BCUT2D eigenvalue weighted by molar-refractivity contribution is 9.10. The first-order valence-corrected chi connectivity index (χ1v) is 5.65. The van der Waals surface area contributed by atoms with E-state index in [2.05, 4.69) is 15.9 Å². The molecule has 0 radical (unpaired) electrons. The van der Waals surface area contributed by atoms with E-state index in [1.807, 2.05) is 0 Å². The van der Waals surface area contributed by atoms with Crippen molar-refractivity contribution in [1.29, 1.82) is 0 Å². The Kier molecular flexibility index (Phi) is 2.75. The van der Waals surface area contributed by atoms with Gasteiger partial charge in [-0.25, -0.2) is 4.39 Å². The van der Waals surface area contributed by atoms with Gasteiger partial charge in [-0.15, -0.1) is 0 Å². The number of hydrogen-bond acceptors (Lipinski definition) is 2. The van der Waals surface area contributed by atoms with Crippen molar-refractivity contribution >= 4 is 21.8 Å². The predicted octanol–water partition coefficient (Wildman–Crippen LogP) is 1.80. The zero-order valence-corrected chi connectivity index (χ0v) is 10.3. The van der Waals surface area contributed by atoms with Crippen LogP contribution in [0.1, 0.15) is 17.3 Å². The molecule has 3 nitrogen and oxygen atoms in total. The lowest BCUT2D eigenvalue weighted by molar-refractivity contribution is -0.0669. The summed E-state index contributed by atoms with van der Waals surface area (Å²) in [4.78, 5) is 13.4. The number of likely N-dealkylation sites (tertiary alicyclic amines) is 1. The van der Waals surface area contributed by atoms with Crippen LogP contribution < -0.4 is 0 Å². The SMILES string of the molecule is CC1(O)CN(C(=O)c2ccc(F)cc2Br)C1. The van der Waals surface area contributed by atoms with Crippen LogP contribution in [0.25, 0.3) is 0 Å². The maximum atomic E-state index is 12.8. The number of aliphatic hydroxyl groups is 1. The Bertz CT molecular complexity index is 440. The standard InChI is InChI=1S/C11H11BrFNO2/c1-11(16)5-14(6-11)10(15)8-3-2-7(13)4-9(8)12/h2-4,16H,5-6H2,1H3. The molecule has 0 spiro atoms. The number of carbonyl (C=O) groups is 1. The molecule has 16 heavy (non-hydrogen) atoms. The fourth-order valence-electron chi connectivity index (χ4n) is 1.75. The largest absolute Gasteiger partial charge is 0.386 e. The molecule has 1 N–H and O–H groups in total. The zero-order valence-electron chi connectivity index (χ0n) is 8.70. The Morgan fingerprint density at radius 3 is 2.69 bits per heavy atom. The molecule has 2 rings (SSSR count). The maximum Gasteiger partial charge on any atom is 0.255 e. The highest BCUT2D eigenvalue weighted by Gasteiger charge is 2.39. The lowest BCUT2D eigenvalue weighted by Crippen LogP contribution is -2.61. The Balaban J connectivity index is 2.16. The van der Waals surface area contributed by atoms with Crippen molar-refractivity contribution in [3.63, 3.8) is 0 Å². The van der Waals surface area contributed by atoms with Gasteiger partial charge < -0.3 is 10.0 Å². The van der Waals surface area contributed by atoms with E-state index in [-0.39, 0.29) is 11.7 Å². The third kappa shape index (κ3) is 2.10. The molecule has 0 bridgehead atoms. The molecule has 0 saturated carbocycles. The van der Waals surface area contributed by atoms with Crippen LogP contribution in [0, 0.1) is 5.82 Å². The van der Waals surface area contributed by atoms with Gasteiger partial charge in [0.15, 0.2) is 0 Å². The van der Waals surface area contributed by atoms with E-state index in [0.29, 0.717) is 23.1 Å². The van der Waals surface area contributed by atoms with Crippen LogP contribution in [0.2, 0.25) is 0 Å². The summed E-state index contributed by atoms with van der Waals surface area (Å²) in [6.45, 7) is 2.31. The van der Waals surface area contributed by atoms with Crippen molar-refractivity contribution in [2.75, 3.05) is 13.1 Å². The second-order valence-electron chi connectivity index (χ2n) is 4.28. The molecular formula is C11H11BrFNO2. The van der Waals surface area contributed by atoms with Gasteiger partial charge in [-0.3, -0.25) is 4.79 Å². The molecule has 1 aromatic rings. The summed E-state index contributed by atoms with van der Waals surface area (Å²) in [5, 5.41) is 9.53. The van der Waals surface area contributed by atoms with Crippen LogP contribution in [-0.4, -0.2) is 34.6 Å². The van der Waals surface area contributed by atoms with Crippen molar-refractivity contribution in [3.8, 4) is 0 Å². The molecule has 0 aromatic heterocycles. The average molecular weight is 288 g/mol.